The highest BCUT2D eigenvalue weighted by molar-refractivity contribution is 6.10. The number of hydrogen-bond acceptors (Lipinski definition) is 3. The van der Waals surface area contributed by atoms with Crippen molar-refractivity contribution in [1.82, 2.24) is 14.5 Å². The molecular formula is C41H26N4. The molecule has 4 nitrogen and oxygen atoms in total. The van der Waals surface area contributed by atoms with Crippen molar-refractivity contribution in [3.63, 3.8) is 0 Å². The highest BCUT2D eigenvalue weighted by Gasteiger charge is 2.24. The Morgan fingerprint density at radius 3 is 1.40 bits per heavy atom. The van der Waals surface area contributed by atoms with E-state index in [9.17, 15) is 5.26 Å². The van der Waals surface area contributed by atoms with Crippen LogP contribution < -0.4 is 0 Å². The summed E-state index contributed by atoms with van der Waals surface area (Å²) in [6.45, 7) is 0. The second kappa shape index (κ2) is 11.1. The SMILES string of the molecule is N#Cc1c(-c2ccccc2)nc(-c2cccc(-c3ccccc3)c2-n2c3ccccc3c3ccccc32)nc1-c1ccccc1. The molecule has 0 bridgehead atoms. The summed E-state index contributed by atoms with van der Waals surface area (Å²) in [5.74, 6) is 0.557. The minimum atomic E-state index is 0.453. The van der Waals surface area contributed by atoms with Gasteiger partial charge in [-0.05, 0) is 23.8 Å². The highest BCUT2D eigenvalue weighted by Crippen LogP contribution is 2.41. The fourth-order valence-corrected chi connectivity index (χ4v) is 6.28. The molecular weight excluding hydrogens is 548 g/mol. The molecule has 45 heavy (non-hydrogen) atoms. The predicted molar refractivity (Wildman–Crippen MR) is 183 cm³/mol. The summed E-state index contributed by atoms with van der Waals surface area (Å²) in [6, 6.07) is 56.1. The van der Waals surface area contributed by atoms with E-state index in [2.05, 4.69) is 102 Å². The predicted octanol–water partition coefficient (Wildman–Crippen LogP) is 10.1. The Balaban J connectivity index is 1.52. The number of rotatable bonds is 5. The third kappa shape index (κ3) is 4.47. The summed E-state index contributed by atoms with van der Waals surface area (Å²) in [4.78, 5) is 10.4. The topological polar surface area (TPSA) is 54.5 Å². The zero-order chi connectivity index (χ0) is 30.2. The van der Waals surface area contributed by atoms with Crippen LogP contribution in [0.3, 0.4) is 0 Å². The molecule has 8 rings (SSSR count). The van der Waals surface area contributed by atoms with Gasteiger partial charge in [-0.1, -0.05) is 140 Å². The number of hydrogen-bond donors (Lipinski definition) is 0. The quantitative estimate of drug-likeness (QED) is 0.205. The molecule has 2 aromatic heterocycles. The molecule has 210 valence electrons. The molecule has 0 aliphatic carbocycles. The Labute approximate surface area is 261 Å². The van der Waals surface area contributed by atoms with E-state index in [4.69, 9.17) is 9.97 Å². The van der Waals surface area contributed by atoms with Crippen LogP contribution in [0.1, 0.15) is 5.56 Å². The molecule has 2 heterocycles. The standard InChI is InChI=1S/C41H26N4/c42-27-35-38(29-17-6-2-7-18-29)43-41(44-39(35)30-19-8-3-9-20-30)34-24-14-23-31(28-15-4-1-5-16-28)40(34)45-36-25-12-10-21-32(36)33-22-11-13-26-37(33)45/h1-26H. The first-order valence-corrected chi connectivity index (χ1v) is 14.9. The monoisotopic (exact) mass is 574 g/mol. The summed E-state index contributed by atoms with van der Waals surface area (Å²) in [7, 11) is 0. The van der Waals surface area contributed by atoms with Crippen LogP contribution >= 0.6 is 0 Å². The molecule has 0 aliphatic heterocycles. The Bertz CT molecular complexity index is 2250. The van der Waals surface area contributed by atoms with Gasteiger partial charge in [-0.25, -0.2) is 9.97 Å². The maximum absolute atomic E-state index is 10.5. The molecule has 0 atom stereocenters. The van der Waals surface area contributed by atoms with E-state index >= 15 is 0 Å². The van der Waals surface area contributed by atoms with E-state index in [1.165, 1.54) is 10.8 Å². The average molecular weight is 575 g/mol. The number of nitrogens with zero attached hydrogens (tertiary/aromatic N) is 4. The van der Waals surface area contributed by atoms with Gasteiger partial charge in [-0.15, -0.1) is 0 Å². The Morgan fingerprint density at radius 2 is 0.889 bits per heavy atom. The fraction of sp³-hybridized carbons (Fsp3) is 0. The third-order valence-electron chi connectivity index (χ3n) is 8.28. The maximum atomic E-state index is 10.5. The van der Waals surface area contributed by atoms with E-state index in [0.29, 0.717) is 22.8 Å². The van der Waals surface area contributed by atoms with Gasteiger partial charge >= 0.3 is 0 Å². The molecule has 0 aliphatic rings. The zero-order valence-electron chi connectivity index (χ0n) is 24.3. The molecule has 0 spiro atoms. The lowest BCUT2D eigenvalue weighted by Gasteiger charge is -2.19. The molecule has 0 radical (unpaired) electrons. The lowest BCUT2D eigenvalue weighted by Crippen LogP contribution is -2.05. The minimum Gasteiger partial charge on any atom is -0.308 e. The van der Waals surface area contributed by atoms with Gasteiger partial charge in [-0.3, -0.25) is 0 Å². The number of benzene rings is 6. The molecule has 0 saturated heterocycles. The molecule has 6 aromatic carbocycles. The first kappa shape index (κ1) is 26.3. The van der Waals surface area contributed by atoms with Crippen LogP contribution in [0.4, 0.5) is 0 Å². The lowest BCUT2D eigenvalue weighted by molar-refractivity contribution is 1.13. The maximum Gasteiger partial charge on any atom is 0.162 e. The van der Waals surface area contributed by atoms with Gasteiger partial charge in [0.15, 0.2) is 5.82 Å². The largest absolute Gasteiger partial charge is 0.308 e. The second-order valence-electron chi connectivity index (χ2n) is 10.9. The molecule has 0 unspecified atom stereocenters. The van der Waals surface area contributed by atoms with Crippen LogP contribution in [-0.4, -0.2) is 14.5 Å². The Hall–Kier alpha value is -6.31. The highest BCUT2D eigenvalue weighted by atomic mass is 15.0. The molecule has 4 heteroatoms. The van der Waals surface area contributed by atoms with Crippen molar-refractivity contribution in [2.24, 2.45) is 0 Å². The van der Waals surface area contributed by atoms with Crippen molar-refractivity contribution in [3.8, 4) is 56.8 Å². The zero-order valence-corrected chi connectivity index (χ0v) is 24.3. The van der Waals surface area contributed by atoms with E-state index < -0.39 is 0 Å². The molecule has 0 N–H and O–H groups in total. The Morgan fingerprint density at radius 1 is 0.444 bits per heavy atom. The number of fused-ring (bicyclic) bond motifs is 3. The van der Waals surface area contributed by atoms with Crippen molar-refractivity contribution in [2.75, 3.05) is 0 Å². The van der Waals surface area contributed by atoms with Crippen molar-refractivity contribution in [2.45, 2.75) is 0 Å². The van der Waals surface area contributed by atoms with Crippen LogP contribution in [0.5, 0.6) is 0 Å². The summed E-state index contributed by atoms with van der Waals surface area (Å²) in [6.07, 6.45) is 0. The van der Waals surface area contributed by atoms with Gasteiger partial charge in [0.05, 0.1) is 28.1 Å². The number of aromatic nitrogens is 3. The third-order valence-corrected chi connectivity index (χ3v) is 8.28. The van der Waals surface area contributed by atoms with Crippen LogP contribution in [0.2, 0.25) is 0 Å². The van der Waals surface area contributed by atoms with Crippen molar-refractivity contribution >= 4 is 21.8 Å². The summed E-state index contributed by atoms with van der Waals surface area (Å²) in [5, 5.41) is 12.8. The lowest BCUT2D eigenvalue weighted by atomic mass is 9.97. The first-order chi connectivity index (χ1) is 22.3. The van der Waals surface area contributed by atoms with Gasteiger partial charge in [0.2, 0.25) is 0 Å². The Kier molecular flexibility index (Phi) is 6.48. The van der Waals surface area contributed by atoms with Gasteiger partial charge < -0.3 is 4.57 Å². The van der Waals surface area contributed by atoms with Crippen LogP contribution in [0, 0.1) is 11.3 Å². The van der Waals surface area contributed by atoms with Gasteiger partial charge in [0, 0.05) is 33.0 Å². The summed E-state index contributed by atoms with van der Waals surface area (Å²) >= 11 is 0. The van der Waals surface area contributed by atoms with Crippen molar-refractivity contribution < 1.29 is 0 Å². The summed E-state index contributed by atoms with van der Waals surface area (Å²) in [5.41, 5.74) is 9.64. The van der Waals surface area contributed by atoms with Crippen LogP contribution in [0.15, 0.2) is 158 Å². The van der Waals surface area contributed by atoms with Gasteiger partial charge in [-0.2, -0.15) is 5.26 Å². The van der Waals surface area contributed by atoms with Crippen LogP contribution in [0.25, 0.3) is 72.5 Å². The smallest absolute Gasteiger partial charge is 0.162 e. The fourth-order valence-electron chi connectivity index (χ4n) is 6.28. The minimum absolute atomic E-state index is 0.453. The van der Waals surface area contributed by atoms with E-state index in [-0.39, 0.29) is 0 Å². The van der Waals surface area contributed by atoms with Gasteiger partial charge in [0.25, 0.3) is 0 Å². The first-order valence-electron chi connectivity index (χ1n) is 14.9. The average Bonchev–Trinajstić information content (AvgIpc) is 3.46. The van der Waals surface area contributed by atoms with Crippen molar-refractivity contribution in [1.29, 1.82) is 5.26 Å². The van der Waals surface area contributed by atoms with E-state index in [1.807, 2.05) is 66.7 Å². The second-order valence-corrected chi connectivity index (χ2v) is 10.9. The van der Waals surface area contributed by atoms with E-state index in [0.717, 1.165) is 44.5 Å². The molecule has 8 aromatic rings. The molecule has 0 saturated carbocycles. The number of para-hydroxylation sites is 3. The molecule has 0 fully saturated rings. The van der Waals surface area contributed by atoms with E-state index in [1.54, 1.807) is 0 Å². The summed E-state index contributed by atoms with van der Waals surface area (Å²) < 4.78 is 2.34. The van der Waals surface area contributed by atoms with Crippen molar-refractivity contribution in [3.05, 3.63) is 163 Å². The van der Waals surface area contributed by atoms with Gasteiger partial charge in [0.1, 0.15) is 11.6 Å². The normalized spacial score (nSPS) is 11.1. The number of nitriles is 1. The van der Waals surface area contributed by atoms with Crippen LogP contribution in [-0.2, 0) is 0 Å². The molecule has 0 amide bonds.